The summed E-state index contributed by atoms with van der Waals surface area (Å²) in [5.41, 5.74) is 2.12. The number of fused-ring (bicyclic) bond motifs is 1. The van der Waals surface area contributed by atoms with E-state index in [0.717, 1.165) is 24.8 Å². The average Bonchev–Trinajstić information content (AvgIpc) is 2.82. The predicted molar refractivity (Wildman–Crippen MR) is 118 cm³/mol. The third-order valence-electron chi connectivity index (χ3n) is 6.07. The predicted octanol–water partition coefficient (Wildman–Crippen LogP) is 2.83. The van der Waals surface area contributed by atoms with Gasteiger partial charge in [-0.3, -0.25) is 14.4 Å². The number of carbonyl (C=O) groups excluding carboxylic acids is 2. The first-order valence-corrected chi connectivity index (χ1v) is 11.0. The molecule has 1 unspecified atom stereocenters. The Morgan fingerprint density at radius 2 is 2.00 bits per heavy atom. The van der Waals surface area contributed by atoms with Gasteiger partial charge in [0.2, 0.25) is 11.8 Å². The fourth-order valence-corrected chi connectivity index (χ4v) is 4.36. The van der Waals surface area contributed by atoms with Crippen LogP contribution in [0.3, 0.4) is 0 Å². The number of nitrogens with one attached hydrogen (secondary N) is 1. The first-order valence-electron chi connectivity index (χ1n) is 11.0. The molecule has 2 aliphatic rings. The maximum absolute atomic E-state index is 13.0. The van der Waals surface area contributed by atoms with E-state index in [1.165, 1.54) is 0 Å². The molecule has 3 heterocycles. The first kappa shape index (κ1) is 21.0. The minimum atomic E-state index is -0.267. The van der Waals surface area contributed by atoms with Crippen LogP contribution >= 0.6 is 0 Å². The van der Waals surface area contributed by atoms with Crippen molar-refractivity contribution < 1.29 is 9.59 Å². The van der Waals surface area contributed by atoms with Crippen LogP contribution in [0.25, 0.3) is 6.08 Å². The lowest BCUT2D eigenvalue weighted by Crippen LogP contribution is -2.42. The van der Waals surface area contributed by atoms with E-state index in [1.54, 1.807) is 15.9 Å². The smallest absolute Gasteiger partial charge is 0.254 e. The summed E-state index contributed by atoms with van der Waals surface area (Å²) in [6.45, 7) is 3.36. The molecule has 0 aliphatic carbocycles. The summed E-state index contributed by atoms with van der Waals surface area (Å²) in [5, 5.41) is 0. The number of hydrogen-bond acceptors (Lipinski definition) is 4. The summed E-state index contributed by atoms with van der Waals surface area (Å²) in [6, 6.07) is 9.43. The van der Waals surface area contributed by atoms with Crippen LogP contribution in [-0.2, 0) is 22.6 Å². The Bertz CT molecular complexity index is 1040. The van der Waals surface area contributed by atoms with Crippen molar-refractivity contribution in [2.24, 2.45) is 0 Å². The molecule has 7 heteroatoms. The Morgan fingerprint density at radius 1 is 1.19 bits per heavy atom. The van der Waals surface area contributed by atoms with Crippen LogP contribution in [0, 0.1) is 0 Å². The molecule has 2 amide bonds. The number of piperidine rings is 1. The molecule has 7 nitrogen and oxygen atoms in total. The van der Waals surface area contributed by atoms with Crippen LogP contribution in [0.2, 0.25) is 0 Å². The Kier molecular flexibility index (Phi) is 6.30. The number of H-pyrrole nitrogens is 1. The standard InChI is InChI=1S/C24H28N4O3/c1-2-21(29)27-15-13-18-19(16-27)25-23(26-24(18)31)20-10-6-7-14-28(20)22(30)12-11-17-8-4-3-5-9-17/h3-5,8-9,11-12,20H,2,6-7,10,13-16H2,1H3,(H,25,26,31)/b12-11+. The Labute approximate surface area is 181 Å². The van der Waals surface area contributed by atoms with Crippen molar-refractivity contribution in [2.75, 3.05) is 13.1 Å². The van der Waals surface area contributed by atoms with Crippen LogP contribution in [0.15, 0.2) is 41.2 Å². The molecule has 31 heavy (non-hydrogen) atoms. The lowest BCUT2D eigenvalue weighted by Gasteiger charge is -2.35. The van der Waals surface area contributed by atoms with Gasteiger partial charge < -0.3 is 14.8 Å². The fraction of sp³-hybridized carbons (Fsp3) is 0.417. The average molecular weight is 421 g/mol. The SMILES string of the molecule is CCC(=O)N1CCc2c(nc(C3CCCCN3C(=O)/C=C/c3ccccc3)[nH]c2=O)C1. The summed E-state index contributed by atoms with van der Waals surface area (Å²) >= 11 is 0. The van der Waals surface area contributed by atoms with Gasteiger partial charge in [-0.05, 0) is 37.3 Å². The Balaban J connectivity index is 1.59. The summed E-state index contributed by atoms with van der Waals surface area (Å²) in [5.74, 6) is 0.502. The van der Waals surface area contributed by atoms with Crippen LogP contribution in [0.5, 0.6) is 0 Å². The normalized spacial score (nSPS) is 18.8. The number of likely N-dealkylation sites (tertiary alicyclic amines) is 1. The van der Waals surface area contributed by atoms with Gasteiger partial charge in [-0.15, -0.1) is 0 Å². The lowest BCUT2D eigenvalue weighted by molar-refractivity contribution is -0.131. The zero-order chi connectivity index (χ0) is 21.8. The largest absolute Gasteiger partial charge is 0.336 e. The van der Waals surface area contributed by atoms with Crippen molar-refractivity contribution in [1.82, 2.24) is 19.8 Å². The van der Waals surface area contributed by atoms with Gasteiger partial charge >= 0.3 is 0 Å². The number of amides is 2. The highest BCUT2D eigenvalue weighted by atomic mass is 16.2. The van der Waals surface area contributed by atoms with E-state index in [9.17, 15) is 14.4 Å². The minimum absolute atomic E-state index is 0.0646. The number of benzene rings is 1. The molecule has 0 bridgehead atoms. The van der Waals surface area contributed by atoms with Crippen LogP contribution in [0.1, 0.15) is 61.3 Å². The second-order valence-electron chi connectivity index (χ2n) is 8.08. The van der Waals surface area contributed by atoms with Gasteiger partial charge in [0.05, 0.1) is 18.3 Å². The molecule has 1 N–H and O–H groups in total. The number of rotatable bonds is 4. The minimum Gasteiger partial charge on any atom is -0.336 e. The van der Waals surface area contributed by atoms with E-state index in [4.69, 9.17) is 4.98 Å². The van der Waals surface area contributed by atoms with Crippen molar-refractivity contribution in [3.8, 4) is 0 Å². The van der Waals surface area contributed by atoms with Gasteiger partial charge in [0.15, 0.2) is 0 Å². The molecule has 2 aromatic rings. The summed E-state index contributed by atoms with van der Waals surface area (Å²) in [6.07, 6.45) is 7.00. The molecule has 1 saturated heterocycles. The van der Waals surface area contributed by atoms with Crippen molar-refractivity contribution in [1.29, 1.82) is 0 Å². The number of aromatic amines is 1. The molecule has 1 atom stereocenters. The molecule has 0 radical (unpaired) electrons. The van der Waals surface area contributed by atoms with Gasteiger partial charge in [0.1, 0.15) is 5.82 Å². The van der Waals surface area contributed by atoms with Crippen LogP contribution in [0.4, 0.5) is 0 Å². The molecule has 1 aromatic carbocycles. The van der Waals surface area contributed by atoms with E-state index in [-0.39, 0.29) is 23.4 Å². The summed E-state index contributed by atoms with van der Waals surface area (Å²) in [7, 11) is 0. The van der Waals surface area contributed by atoms with Crippen molar-refractivity contribution in [3.63, 3.8) is 0 Å². The fourth-order valence-electron chi connectivity index (χ4n) is 4.36. The molecule has 4 rings (SSSR count). The maximum Gasteiger partial charge on any atom is 0.254 e. The third-order valence-corrected chi connectivity index (χ3v) is 6.07. The second-order valence-corrected chi connectivity index (χ2v) is 8.08. The molecule has 1 aromatic heterocycles. The van der Waals surface area contributed by atoms with E-state index in [2.05, 4.69) is 4.98 Å². The first-order chi connectivity index (χ1) is 15.1. The van der Waals surface area contributed by atoms with E-state index < -0.39 is 0 Å². The van der Waals surface area contributed by atoms with Crippen molar-refractivity contribution in [2.45, 2.75) is 51.6 Å². The monoisotopic (exact) mass is 420 g/mol. The van der Waals surface area contributed by atoms with Gasteiger partial charge in [0, 0.05) is 31.1 Å². The summed E-state index contributed by atoms with van der Waals surface area (Å²) in [4.78, 5) is 49.1. The zero-order valence-electron chi connectivity index (χ0n) is 17.8. The van der Waals surface area contributed by atoms with Gasteiger partial charge in [-0.2, -0.15) is 0 Å². The van der Waals surface area contributed by atoms with Crippen LogP contribution in [-0.4, -0.2) is 44.7 Å². The van der Waals surface area contributed by atoms with Gasteiger partial charge in [-0.25, -0.2) is 4.98 Å². The van der Waals surface area contributed by atoms with E-state index in [1.807, 2.05) is 43.3 Å². The number of nitrogens with zero attached hydrogens (tertiary/aromatic N) is 3. The Morgan fingerprint density at radius 3 is 2.77 bits per heavy atom. The highest BCUT2D eigenvalue weighted by Crippen LogP contribution is 2.29. The number of aromatic nitrogens is 2. The maximum atomic E-state index is 13.0. The third kappa shape index (κ3) is 4.60. The number of hydrogen-bond donors (Lipinski definition) is 1. The van der Waals surface area contributed by atoms with Gasteiger partial charge in [-0.1, -0.05) is 37.3 Å². The van der Waals surface area contributed by atoms with E-state index >= 15 is 0 Å². The Hall–Kier alpha value is -3.22. The van der Waals surface area contributed by atoms with Crippen molar-refractivity contribution >= 4 is 17.9 Å². The quantitative estimate of drug-likeness (QED) is 0.771. The molecule has 162 valence electrons. The zero-order valence-corrected chi connectivity index (χ0v) is 17.8. The highest BCUT2D eigenvalue weighted by molar-refractivity contribution is 5.92. The molecular formula is C24H28N4O3. The van der Waals surface area contributed by atoms with Gasteiger partial charge in [0.25, 0.3) is 5.56 Å². The molecule has 0 spiro atoms. The number of carbonyl (C=O) groups is 2. The molecular weight excluding hydrogens is 392 g/mol. The highest BCUT2D eigenvalue weighted by Gasteiger charge is 2.31. The second kappa shape index (κ2) is 9.29. The summed E-state index contributed by atoms with van der Waals surface area (Å²) < 4.78 is 0. The molecule has 0 saturated carbocycles. The topological polar surface area (TPSA) is 86.4 Å². The lowest BCUT2D eigenvalue weighted by atomic mass is 10.00. The van der Waals surface area contributed by atoms with Crippen molar-refractivity contribution in [3.05, 3.63) is 69.4 Å². The molecule has 2 aliphatic heterocycles. The van der Waals surface area contributed by atoms with Crippen LogP contribution < -0.4 is 5.56 Å². The molecule has 1 fully saturated rings. The van der Waals surface area contributed by atoms with E-state index in [0.29, 0.717) is 49.6 Å².